The van der Waals surface area contributed by atoms with E-state index in [1.807, 2.05) is 0 Å². The van der Waals surface area contributed by atoms with E-state index >= 15 is 0 Å². The lowest BCUT2D eigenvalue weighted by atomic mass is 10.3. The number of halogens is 2. The number of carboxylic acid groups (broad SMARTS) is 1. The largest absolute Gasteiger partial charge is 0.541 e. The first kappa shape index (κ1) is 14.6. The van der Waals surface area contributed by atoms with Gasteiger partial charge in [-0.2, -0.15) is 8.78 Å². The molecule has 21 heavy (non-hydrogen) atoms. The minimum atomic E-state index is -4.40. The normalized spacial score (nSPS) is 11.0. The van der Waals surface area contributed by atoms with Crippen LogP contribution in [0, 0.1) is 0 Å². The molecule has 0 atom stereocenters. The number of phenolic OH excluding ortho intramolecular Hbond substituents is 1. The van der Waals surface area contributed by atoms with E-state index in [-0.39, 0.29) is 11.5 Å². The summed E-state index contributed by atoms with van der Waals surface area (Å²) in [5.74, 6) is -2.13. The Kier molecular flexibility index (Phi) is 3.93. The van der Waals surface area contributed by atoms with Gasteiger partial charge in [0, 0.05) is 0 Å². The number of rotatable bonds is 5. The Balaban J connectivity index is 2.05. The zero-order valence-corrected chi connectivity index (χ0v) is 10.5. The van der Waals surface area contributed by atoms with Crippen molar-refractivity contribution in [2.24, 2.45) is 0 Å². The molecule has 2 rings (SSSR count). The fraction of sp³-hybridized carbons (Fsp3) is 0.0714. The summed E-state index contributed by atoms with van der Waals surface area (Å²) < 4.78 is 34.9. The Morgan fingerprint density at radius 1 is 0.952 bits per heavy atom. The predicted molar refractivity (Wildman–Crippen MR) is 65.2 cm³/mol. The van der Waals surface area contributed by atoms with Gasteiger partial charge in [0.1, 0.15) is 23.0 Å². The Bertz CT molecular complexity index is 623. The van der Waals surface area contributed by atoms with E-state index in [1.165, 1.54) is 36.4 Å². The molecule has 0 unspecified atom stereocenters. The molecule has 0 bridgehead atoms. The molecule has 110 valence electrons. The van der Waals surface area contributed by atoms with Crippen molar-refractivity contribution < 1.29 is 33.3 Å². The third kappa shape index (κ3) is 3.82. The standard InChI is InChI=1S/C14H10F2O5/c15-14(16,13(18)19)21-12-7-5-11(6-8-12)20-10-3-1-9(17)2-4-10/h1-8,17H,(H,18,19)/p-1. The van der Waals surface area contributed by atoms with E-state index in [1.54, 1.807) is 0 Å². The lowest BCUT2D eigenvalue weighted by Gasteiger charge is -2.18. The summed E-state index contributed by atoms with van der Waals surface area (Å²) in [5.41, 5.74) is 0. The van der Waals surface area contributed by atoms with Gasteiger partial charge >= 0.3 is 6.11 Å². The average Bonchev–Trinajstić information content (AvgIpc) is 2.43. The van der Waals surface area contributed by atoms with Crippen LogP contribution < -0.4 is 14.6 Å². The van der Waals surface area contributed by atoms with Crippen LogP contribution in [0.4, 0.5) is 8.78 Å². The van der Waals surface area contributed by atoms with E-state index in [0.717, 1.165) is 12.1 Å². The highest BCUT2D eigenvalue weighted by Crippen LogP contribution is 2.27. The monoisotopic (exact) mass is 295 g/mol. The van der Waals surface area contributed by atoms with Crippen LogP contribution in [-0.4, -0.2) is 17.2 Å². The zero-order valence-electron chi connectivity index (χ0n) is 10.5. The fourth-order valence-corrected chi connectivity index (χ4v) is 1.42. The number of phenols is 1. The molecule has 0 spiro atoms. The second-order valence-electron chi connectivity index (χ2n) is 3.97. The lowest BCUT2D eigenvalue weighted by molar-refractivity contribution is -0.350. The summed E-state index contributed by atoms with van der Waals surface area (Å²) in [6.07, 6.45) is -4.40. The molecule has 0 fully saturated rings. The highest BCUT2D eigenvalue weighted by atomic mass is 19.3. The van der Waals surface area contributed by atoms with Crippen molar-refractivity contribution in [2.75, 3.05) is 0 Å². The number of aliphatic carboxylic acids is 1. The first-order valence-corrected chi connectivity index (χ1v) is 5.72. The summed E-state index contributed by atoms with van der Waals surface area (Å²) in [4.78, 5) is 10.1. The summed E-state index contributed by atoms with van der Waals surface area (Å²) in [7, 11) is 0. The first-order valence-electron chi connectivity index (χ1n) is 5.72. The third-order valence-electron chi connectivity index (χ3n) is 2.38. The topological polar surface area (TPSA) is 78.8 Å². The number of ether oxygens (including phenoxy) is 2. The maximum atomic E-state index is 12.8. The molecule has 0 saturated heterocycles. The van der Waals surface area contributed by atoms with Gasteiger partial charge in [0.2, 0.25) is 0 Å². The van der Waals surface area contributed by atoms with Gasteiger partial charge in [-0.1, -0.05) is 0 Å². The SMILES string of the molecule is O=C([O-])C(F)(F)Oc1ccc(Oc2ccc(O)cc2)cc1. The number of alkyl halides is 2. The minimum absolute atomic E-state index is 0.0793. The molecule has 2 aromatic carbocycles. The van der Waals surface area contributed by atoms with Gasteiger partial charge in [-0.25, -0.2) is 0 Å². The third-order valence-corrected chi connectivity index (χ3v) is 2.38. The molecule has 2 aromatic rings. The van der Waals surface area contributed by atoms with Crippen molar-refractivity contribution in [2.45, 2.75) is 6.11 Å². The Hall–Kier alpha value is -2.83. The molecule has 0 amide bonds. The van der Waals surface area contributed by atoms with E-state index in [2.05, 4.69) is 4.74 Å². The van der Waals surface area contributed by atoms with Crippen molar-refractivity contribution in [3.8, 4) is 23.0 Å². The van der Waals surface area contributed by atoms with Crippen LogP contribution in [0.1, 0.15) is 0 Å². The van der Waals surface area contributed by atoms with Crippen LogP contribution in [0.3, 0.4) is 0 Å². The van der Waals surface area contributed by atoms with E-state index in [4.69, 9.17) is 9.84 Å². The Morgan fingerprint density at radius 3 is 1.86 bits per heavy atom. The molecule has 0 heterocycles. The molecule has 0 saturated carbocycles. The van der Waals surface area contributed by atoms with E-state index < -0.39 is 12.1 Å². The molecule has 0 radical (unpaired) electrons. The van der Waals surface area contributed by atoms with Gasteiger partial charge in [-0.3, -0.25) is 0 Å². The number of aromatic hydroxyl groups is 1. The van der Waals surface area contributed by atoms with Gasteiger partial charge < -0.3 is 24.5 Å². The van der Waals surface area contributed by atoms with Crippen molar-refractivity contribution in [1.29, 1.82) is 0 Å². The summed E-state index contributed by atoms with van der Waals surface area (Å²) >= 11 is 0. The number of carbonyl (C=O) groups excluding carboxylic acids is 1. The highest BCUT2D eigenvalue weighted by Gasteiger charge is 2.33. The van der Waals surface area contributed by atoms with Crippen molar-refractivity contribution >= 4 is 5.97 Å². The second-order valence-corrected chi connectivity index (χ2v) is 3.97. The average molecular weight is 295 g/mol. The van der Waals surface area contributed by atoms with Crippen LogP contribution in [0.5, 0.6) is 23.0 Å². The van der Waals surface area contributed by atoms with Gasteiger partial charge in [-0.05, 0) is 48.5 Å². The number of carboxylic acids is 1. The van der Waals surface area contributed by atoms with E-state index in [0.29, 0.717) is 11.5 Å². The van der Waals surface area contributed by atoms with Crippen LogP contribution in [0.15, 0.2) is 48.5 Å². The minimum Gasteiger partial charge on any atom is -0.541 e. The second kappa shape index (κ2) is 5.66. The summed E-state index contributed by atoms with van der Waals surface area (Å²) in [6, 6.07) is 10.8. The molecular formula is C14H9F2O5-. The number of benzene rings is 2. The van der Waals surface area contributed by atoms with Crippen molar-refractivity contribution in [3.05, 3.63) is 48.5 Å². The Labute approximate surface area is 118 Å². The van der Waals surface area contributed by atoms with Crippen LogP contribution in [0.25, 0.3) is 0 Å². The molecule has 1 N–H and O–H groups in total. The molecule has 5 nitrogen and oxygen atoms in total. The van der Waals surface area contributed by atoms with Gasteiger partial charge in [0.25, 0.3) is 0 Å². The smallest absolute Gasteiger partial charge is 0.441 e. The predicted octanol–water partition coefficient (Wildman–Crippen LogP) is 1.91. The molecule has 0 aliphatic rings. The molecule has 7 heteroatoms. The molecule has 0 aromatic heterocycles. The summed E-state index contributed by atoms with van der Waals surface area (Å²) in [5, 5.41) is 19.2. The molecule has 0 aliphatic carbocycles. The molecule has 0 aliphatic heterocycles. The highest BCUT2D eigenvalue weighted by molar-refractivity contribution is 5.71. The zero-order chi connectivity index (χ0) is 15.5. The van der Waals surface area contributed by atoms with Gasteiger partial charge in [0.15, 0.2) is 5.97 Å². The first-order chi connectivity index (χ1) is 9.87. The van der Waals surface area contributed by atoms with Gasteiger partial charge in [-0.15, -0.1) is 0 Å². The van der Waals surface area contributed by atoms with Crippen LogP contribution in [0.2, 0.25) is 0 Å². The van der Waals surface area contributed by atoms with Crippen molar-refractivity contribution in [3.63, 3.8) is 0 Å². The van der Waals surface area contributed by atoms with Crippen LogP contribution in [-0.2, 0) is 4.79 Å². The van der Waals surface area contributed by atoms with E-state index in [9.17, 15) is 18.7 Å². The lowest BCUT2D eigenvalue weighted by Crippen LogP contribution is -2.45. The molecular weight excluding hydrogens is 286 g/mol. The quantitative estimate of drug-likeness (QED) is 0.911. The Morgan fingerprint density at radius 2 is 1.38 bits per heavy atom. The number of carbonyl (C=O) groups is 1. The summed E-state index contributed by atoms with van der Waals surface area (Å²) in [6.45, 7) is 0. The van der Waals surface area contributed by atoms with Gasteiger partial charge in [0.05, 0.1) is 0 Å². The maximum absolute atomic E-state index is 12.8. The number of hydrogen-bond acceptors (Lipinski definition) is 5. The number of hydrogen-bond donors (Lipinski definition) is 1. The maximum Gasteiger partial charge on any atom is 0.441 e. The fourth-order valence-electron chi connectivity index (χ4n) is 1.42. The van der Waals surface area contributed by atoms with Crippen LogP contribution >= 0.6 is 0 Å². The van der Waals surface area contributed by atoms with Crippen molar-refractivity contribution in [1.82, 2.24) is 0 Å².